The third-order valence-electron chi connectivity index (χ3n) is 3.65. The smallest absolute Gasteiger partial charge is 0.311 e. The maximum absolute atomic E-state index is 12.2. The Balaban J connectivity index is 2.19. The van der Waals surface area contributed by atoms with Gasteiger partial charge in [-0.1, -0.05) is 39.0 Å². The Hall–Kier alpha value is -2.94. The molecule has 26 heavy (non-hydrogen) atoms. The predicted octanol–water partition coefficient (Wildman–Crippen LogP) is 2.91. The van der Waals surface area contributed by atoms with Crippen molar-refractivity contribution in [2.45, 2.75) is 31.1 Å². The van der Waals surface area contributed by atoms with Gasteiger partial charge >= 0.3 is 5.69 Å². The molecule has 0 atom stereocenters. The molecule has 0 aliphatic carbocycles. The van der Waals surface area contributed by atoms with Crippen LogP contribution in [0.1, 0.15) is 31.9 Å². The molecule has 0 fully saturated rings. The lowest BCUT2D eigenvalue weighted by Crippen LogP contribution is -2.19. The predicted molar refractivity (Wildman–Crippen MR) is 97.8 cm³/mol. The second-order valence-electron chi connectivity index (χ2n) is 6.60. The molecule has 0 saturated heterocycles. The largest absolute Gasteiger partial charge is 0.502 e. The van der Waals surface area contributed by atoms with E-state index in [-0.39, 0.29) is 15.9 Å². The molecule has 138 valence electrons. The number of rotatable bonds is 5. The van der Waals surface area contributed by atoms with Crippen molar-refractivity contribution in [2.24, 2.45) is 5.10 Å². The molecule has 2 rings (SSSR count). The number of sulfonamides is 1. The first-order valence-corrected chi connectivity index (χ1v) is 9.12. The number of benzene rings is 2. The van der Waals surface area contributed by atoms with Crippen molar-refractivity contribution in [1.82, 2.24) is 4.83 Å². The van der Waals surface area contributed by atoms with Crippen LogP contribution in [-0.4, -0.2) is 24.7 Å². The fraction of sp³-hybridized carbons (Fsp3) is 0.235. The van der Waals surface area contributed by atoms with Crippen LogP contribution >= 0.6 is 0 Å². The van der Waals surface area contributed by atoms with E-state index in [1.54, 1.807) is 12.1 Å². The Kier molecular flexibility index (Phi) is 5.31. The van der Waals surface area contributed by atoms with Gasteiger partial charge in [0, 0.05) is 11.6 Å². The molecule has 0 aliphatic rings. The summed E-state index contributed by atoms with van der Waals surface area (Å²) in [6.45, 7) is 6.06. The number of hydrogen-bond acceptors (Lipinski definition) is 6. The highest BCUT2D eigenvalue weighted by molar-refractivity contribution is 7.89. The second kappa shape index (κ2) is 7.12. The normalized spacial score (nSPS) is 12.3. The molecule has 2 aromatic rings. The molecule has 0 spiro atoms. The van der Waals surface area contributed by atoms with Gasteiger partial charge in [0.15, 0.2) is 0 Å². The standard InChI is InChI=1S/C17H19N3O5S/c1-17(2,3)13-7-9-14(10-8-13)26(24,25)19-18-11-12-5-4-6-15(16(12)21)20(22)23/h4-11,19,21H,1-3H3/b18-11+. The minimum absolute atomic E-state index is 0.0185. The van der Waals surface area contributed by atoms with Crippen molar-refractivity contribution in [2.75, 3.05) is 0 Å². The van der Waals surface area contributed by atoms with Gasteiger partial charge in [-0.2, -0.15) is 13.5 Å². The topological polar surface area (TPSA) is 122 Å². The first-order valence-electron chi connectivity index (χ1n) is 7.64. The molecule has 0 aromatic heterocycles. The zero-order valence-electron chi connectivity index (χ0n) is 14.5. The number of nitrogens with zero attached hydrogens (tertiary/aromatic N) is 2. The van der Waals surface area contributed by atoms with E-state index in [0.717, 1.165) is 17.8 Å². The van der Waals surface area contributed by atoms with Gasteiger partial charge < -0.3 is 5.11 Å². The summed E-state index contributed by atoms with van der Waals surface area (Å²) in [5.74, 6) is -0.588. The molecular formula is C17H19N3O5S. The first kappa shape index (κ1) is 19.4. The number of nitro groups is 1. The highest BCUT2D eigenvalue weighted by atomic mass is 32.2. The quantitative estimate of drug-likeness (QED) is 0.471. The summed E-state index contributed by atoms with van der Waals surface area (Å²) in [4.78, 5) is 12.1. The summed E-state index contributed by atoms with van der Waals surface area (Å²) in [6.07, 6.45) is 1.00. The van der Waals surface area contributed by atoms with Gasteiger partial charge in [0.25, 0.3) is 10.0 Å². The zero-order chi connectivity index (χ0) is 19.5. The molecule has 0 bridgehead atoms. The summed E-state index contributed by atoms with van der Waals surface area (Å²) >= 11 is 0. The van der Waals surface area contributed by atoms with Crippen LogP contribution in [0.15, 0.2) is 52.5 Å². The average Bonchev–Trinajstić information content (AvgIpc) is 2.55. The number of aromatic hydroxyl groups is 1. The minimum atomic E-state index is -3.90. The lowest BCUT2D eigenvalue weighted by Gasteiger charge is -2.19. The maximum atomic E-state index is 12.2. The van der Waals surface area contributed by atoms with Crippen molar-refractivity contribution in [3.8, 4) is 5.75 Å². The fourth-order valence-electron chi connectivity index (χ4n) is 2.15. The summed E-state index contributed by atoms with van der Waals surface area (Å²) in [7, 11) is -3.90. The van der Waals surface area contributed by atoms with Gasteiger partial charge in [0.2, 0.25) is 5.75 Å². The number of phenols is 1. The molecular weight excluding hydrogens is 358 g/mol. The van der Waals surface area contributed by atoms with Crippen molar-refractivity contribution in [3.05, 3.63) is 63.7 Å². The average molecular weight is 377 g/mol. The van der Waals surface area contributed by atoms with Crippen LogP contribution in [0, 0.1) is 10.1 Å². The molecule has 2 N–H and O–H groups in total. The van der Waals surface area contributed by atoms with Crippen molar-refractivity contribution in [1.29, 1.82) is 0 Å². The summed E-state index contributed by atoms with van der Waals surface area (Å²) in [6, 6.07) is 10.3. The summed E-state index contributed by atoms with van der Waals surface area (Å²) in [5.41, 5.74) is 0.411. The van der Waals surface area contributed by atoms with Crippen LogP contribution in [0.5, 0.6) is 5.75 Å². The monoisotopic (exact) mass is 377 g/mol. The SMILES string of the molecule is CC(C)(C)c1ccc(S(=O)(=O)N/N=C/c2cccc([N+](=O)[O-])c2O)cc1. The van der Waals surface area contributed by atoms with Gasteiger partial charge in [-0.25, -0.2) is 4.83 Å². The van der Waals surface area contributed by atoms with Gasteiger partial charge in [-0.05, 0) is 29.2 Å². The third kappa shape index (κ3) is 4.37. The van der Waals surface area contributed by atoms with E-state index in [9.17, 15) is 23.6 Å². The van der Waals surface area contributed by atoms with Gasteiger partial charge in [0.05, 0.1) is 16.0 Å². The molecule has 0 radical (unpaired) electrons. The molecule has 0 aliphatic heterocycles. The molecule has 0 saturated carbocycles. The van der Waals surface area contributed by atoms with Crippen molar-refractivity contribution >= 4 is 21.9 Å². The lowest BCUT2D eigenvalue weighted by atomic mass is 9.87. The minimum Gasteiger partial charge on any atom is -0.502 e. The van der Waals surface area contributed by atoms with Crippen LogP contribution < -0.4 is 4.83 Å². The van der Waals surface area contributed by atoms with Crippen LogP contribution in [-0.2, 0) is 15.4 Å². The van der Waals surface area contributed by atoms with Gasteiger partial charge in [-0.3, -0.25) is 10.1 Å². The van der Waals surface area contributed by atoms with Crippen LogP contribution in [0.3, 0.4) is 0 Å². The van der Waals surface area contributed by atoms with E-state index in [0.29, 0.717) is 0 Å². The third-order valence-corrected chi connectivity index (χ3v) is 4.89. The number of phenolic OH excluding ortho intramolecular Hbond substituents is 1. The number of nitro benzene ring substituents is 1. The van der Waals surface area contributed by atoms with E-state index < -0.39 is 26.4 Å². The highest BCUT2D eigenvalue weighted by Crippen LogP contribution is 2.28. The Bertz CT molecular complexity index is 945. The van der Waals surface area contributed by atoms with Gasteiger partial charge in [-0.15, -0.1) is 0 Å². The molecule has 2 aromatic carbocycles. The molecule has 0 heterocycles. The van der Waals surface area contributed by atoms with Crippen molar-refractivity contribution < 1.29 is 18.4 Å². The van der Waals surface area contributed by atoms with E-state index in [2.05, 4.69) is 5.10 Å². The van der Waals surface area contributed by atoms with E-state index in [1.807, 2.05) is 25.6 Å². The van der Waals surface area contributed by atoms with Crippen LogP contribution in [0.25, 0.3) is 0 Å². The molecule has 0 amide bonds. The zero-order valence-corrected chi connectivity index (χ0v) is 15.3. The number of hydrogen-bond donors (Lipinski definition) is 2. The molecule has 0 unspecified atom stereocenters. The Morgan fingerprint density at radius 2 is 1.77 bits per heavy atom. The number of para-hydroxylation sites is 1. The first-order chi connectivity index (χ1) is 12.0. The number of hydrazone groups is 1. The summed E-state index contributed by atoms with van der Waals surface area (Å²) < 4.78 is 24.5. The Morgan fingerprint density at radius 1 is 1.15 bits per heavy atom. The highest BCUT2D eigenvalue weighted by Gasteiger charge is 2.18. The van der Waals surface area contributed by atoms with E-state index >= 15 is 0 Å². The Morgan fingerprint density at radius 3 is 2.31 bits per heavy atom. The van der Waals surface area contributed by atoms with Crippen LogP contribution in [0.2, 0.25) is 0 Å². The summed E-state index contributed by atoms with van der Waals surface area (Å²) in [5, 5.41) is 24.2. The van der Waals surface area contributed by atoms with Gasteiger partial charge in [0.1, 0.15) is 0 Å². The molecule has 8 nitrogen and oxygen atoms in total. The maximum Gasteiger partial charge on any atom is 0.311 e. The van der Waals surface area contributed by atoms with E-state index in [1.165, 1.54) is 24.3 Å². The molecule has 9 heteroatoms. The van der Waals surface area contributed by atoms with Crippen LogP contribution in [0.4, 0.5) is 5.69 Å². The lowest BCUT2D eigenvalue weighted by molar-refractivity contribution is -0.385. The fourth-order valence-corrected chi connectivity index (χ4v) is 2.94. The number of nitrogens with one attached hydrogen (secondary N) is 1. The second-order valence-corrected chi connectivity index (χ2v) is 8.26. The Labute approximate surface area is 151 Å². The van der Waals surface area contributed by atoms with Crippen molar-refractivity contribution in [3.63, 3.8) is 0 Å². The van der Waals surface area contributed by atoms with E-state index in [4.69, 9.17) is 0 Å².